The van der Waals surface area contributed by atoms with Gasteiger partial charge in [-0.2, -0.15) is 0 Å². The van der Waals surface area contributed by atoms with Crippen LogP contribution in [-0.4, -0.2) is 17.1 Å². The van der Waals surface area contributed by atoms with Crippen molar-refractivity contribution in [2.45, 2.75) is 0 Å². The molecule has 0 saturated heterocycles. The van der Waals surface area contributed by atoms with Crippen molar-refractivity contribution in [1.29, 1.82) is 0 Å². The Labute approximate surface area is 152 Å². The minimum Gasteiger partial charge on any atom is -0.493 e. The SMILES string of the molecule is COc1ccccc1Oc1c(N)nc(-c2ccc(Br)cc2)nc1Cl. The fraction of sp³-hybridized carbons (Fsp3) is 0.0588. The summed E-state index contributed by atoms with van der Waals surface area (Å²) in [6.45, 7) is 0. The van der Waals surface area contributed by atoms with Gasteiger partial charge in [-0.25, -0.2) is 9.97 Å². The van der Waals surface area contributed by atoms with Gasteiger partial charge in [-0.15, -0.1) is 0 Å². The van der Waals surface area contributed by atoms with Gasteiger partial charge in [-0.05, 0) is 24.3 Å². The predicted octanol–water partition coefficient (Wildman–Crippen LogP) is 4.94. The molecule has 0 atom stereocenters. The third-order valence-corrected chi connectivity index (χ3v) is 4.02. The first kappa shape index (κ1) is 16.5. The zero-order valence-corrected chi connectivity index (χ0v) is 15.0. The monoisotopic (exact) mass is 405 g/mol. The van der Waals surface area contributed by atoms with Crippen molar-refractivity contribution < 1.29 is 9.47 Å². The first-order chi connectivity index (χ1) is 11.6. The summed E-state index contributed by atoms with van der Waals surface area (Å²) in [5.74, 6) is 1.82. The van der Waals surface area contributed by atoms with Crippen LogP contribution >= 0.6 is 27.5 Å². The summed E-state index contributed by atoms with van der Waals surface area (Å²) in [5, 5.41) is 0.131. The van der Waals surface area contributed by atoms with E-state index in [2.05, 4.69) is 25.9 Å². The topological polar surface area (TPSA) is 70.3 Å². The van der Waals surface area contributed by atoms with E-state index in [1.54, 1.807) is 19.2 Å². The number of hydrogen-bond acceptors (Lipinski definition) is 5. The lowest BCUT2D eigenvalue weighted by molar-refractivity contribution is 0.378. The number of aromatic nitrogens is 2. The molecule has 1 heterocycles. The predicted molar refractivity (Wildman–Crippen MR) is 97.7 cm³/mol. The zero-order valence-electron chi connectivity index (χ0n) is 12.7. The summed E-state index contributed by atoms with van der Waals surface area (Å²) in [6.07, 6.45) is 0. The van der Waals surface area contributed by atoms with E-state index in [1.807, 2.05) is 36.4 Å². The van der Waals surface area contributed by atoms with Crippen molar-refractivity contribution in [2.24, 2.45) is 0 Å². The molecule has 0 bridgehead atoms. The molecule has 2 aromatic carbocycles. The minimum atomic E-state index is 0.131. The van der Waals surface area contributed by atoms with Crippen molar-refractivity contribution >= 4 is 33.3 Å². The number of anilines is 1. The maximum absolute atomic E-state index is 6.26. The second-order valence-electron chi connectivity index (χ2n) is 4.81. The molecule has 0 radical (unpaired) electrons. The van der Waals surface area contributed by atoms with Crippen LogP contribution in [0, 0.1) is 0 Å². The number of nitrogens with zero attached hydrogens (tertiary/aromatic N) is 2. The lowest BCUT2D eigenvalue weighted by Crippen LogP contribution is -2.01. The van der Waals surface area contributed by atoms with Gasteiger partial charge in [-0.3, -0.25) is 0 Å². The van der Waals surface area contributed by atoms with E-state index >= 15 is 0 Å². The van der Waals surface area contributed by atoms with Gasteiger partial charge >= 0.3 is 0 Å². The highest BCUT2D eigenvalue weighted by atomic mass is 79.9. The van der Waals surface area contributed by atoms with Crippen LogP contribution in [0.3, 0.4) is 0 Å². The van der Waals surface area contributed by atoms with Crippen LogP contribution in [0.15, 0.2) is 53.0 Å². The normalized spacial score (nSPS) is 10.5. The van der Waals surface area contributed by atoms with Crippen LogP contribution in [0.25, 0.3) is 11.4 Å². The molecule has 24 heavy (non-hydrogen) atoms. The molecule has 5 nitrogen and oxygen atoms in total. The van der Waals surface area contributed by atoms with Crippen molar-refractivity contribution in [2.75, 3.05) is 12.8 Å². The van der Waals surface area contributed by atoms with Crippen LogP contribution in [0.1, 0.15) is 0 Å². The van der Waals surface area contributed by atoms with Gasteiger partial charge in [0.05, 0.1) is 7.11 Å². The Bertz CT molecular complexity index is 849. The van der Waals surface area contributed by atoms with Crippen LogP contribution in [0.5, 0.6) is 17.2 Å². The van der Waals surface area contributed by atoms with E-state index in [-0.39, 0.29) is 16.7 Å². The van der Waals surface area contributed by atoms with Gasteiger partial charge in [0.1, 0.15) is 0 Å². The molecule has 1 aromatic heterocycles. The number of nitrogen functional groups attached to an aromatic ring is 1. The molecule has 0 saturated carbocycles. The number of para-hydroxylation sites is 2. The number of hydrogen-bond donors (Lipinski definition) is 1. The molecule has 0 aliphatic heterocycles. The highest BCUT2D eigenvalue weighted by molar-refractivity contribution is 9.10. The highest BCUT2D eigenvalue weighted by Crippen LogP contribution is 2.37. The molecule has 0 fully saturated rings. The Morgan fingerprint density at radius 3 is 2.29 bits per heavy atom. The first-order valence-corrected chi connectivity index (χ1v) is 8.15. The Kier molecular flexibility index (Phi) is 4.87. The van der Waals surface area contributed by atoms with E-state index in [9.17, 15) is 0 Å². The molecule has 3 aromatic rings. The van der Waals surface area contributed by atoms with Gasteiger partial charge < -0.3 is 15.2 Å². The molecule has 122 valence electrons. The van der Waals surface area contributed by atoms with Gasteiger partial charge in [0.15, 0.2) is 28.3 Å². The van der Waals surface area contributed by atoms with Gasteiger partial charge in [-0.1, -0.05) is 51.8 Å². The zero-order chi connectivity index (χ0) is 17.1. The van der Waals surface area contributed by atoms with Crippen molar-refractivity contribution in [3.05, 3.63) is 58.2 Å². The molecule has 0 spiro atoms. The molecule has 0 amide bonds. The highest BCUT2D eigenvalue weighted by Gasteiger charge is 2.16. The molecule has 2 N–H and O–H groups in total. The van der Waals surface area contributed by atoms with Crippen molar-refractivity contribution in [1.82, 2.24) is 9.97 Å². The summed E-state index contributed by atoms with van der Waals surface area (Å²) in [6, 6.07) is 14.7. The van der Waals surface area contributed by atoms with E-state index in [1.165, 1.54) is 0 Å². The summed E-state index contributed by atoms with van der Waals surface area (Å²) in [4.78, 5) is 8.57. The molecule has 7 heteroatoms. The molecule has 3 rings (SSSR count). The average molecular weight is 407 g/mol. The molecule has 0 aliphatic carbocycles. The third-order valence-electron chi connectivity index (χ3n) is 3.23. The third kappa shape index (κ3) is 3.44. The number of halogens is 2. The van der Waals surface area contributed by atoms with Crippen LogP contribution in [-0.2, 0) is 0 Å². The van der Waals surface area contributed by atoms with E-state index in [0.717, 1.165) is 10.0 Å². The molecular weight excluding hydrogens is 394 g/mol. The smallest absolute Gasteiger partial charge is 0.206 e. The number of nitrogens with two attached hydrogens (primary N) is 1. The standard InChI is InChI=1S/C17H13BrClN3O2/c1-23-12-4-2-3-5-13(12)24-14-15(19)21-17(22-16(14)20)10-6-8-11(18)9-7-10/h2-9H,1H3,(H2,20,21,22). The fourth-order valence-corrected chi connectivity index (χ4v) is 2.55. The second kappa shape index (κ2) is 7.07. The van der Waals surface area contributed by atoms with Crippen molar-refractivity contribution in [3.8, 4) is 28.6 Å². The lowest BCUT2D eigenvalue weighted by atomic mass is 10.2. The molecular formula is C17H13BrClN3O2. The van der Waals surface area contributed by atoms with Crippen LogP contribution in [0.4, 0.5) is 5.82 Å². The summed E-state index contributed by atoms with van der Waals surface area (Å²) in [5.41, 5.74) is 6.82. The lowest BCUT2D eigenvalue weighted by Gasteiger charge is -2.13. The molecule has 0 aliphatic rings. The van der Waals surface area contributed by atoms with E-state index in [0.29, 0.717) is 17.3 Å². The Morgan fingerprint density at radius 2 is 1.67 bits per heavy atom. The minimum absolute atomic E-state index is 0.131. The van der Waals surface area contributed by atoms with Gasteiger partial charge in [0, 0.05) is 10.0 Å². The van der Waals surface area contributed by atoms with E-state index < -0.39 is 0 Å². The van der Waals surface area contributed by atoms with E-state index in [4.69, 9.17) is 26.8 Å². The summed E-state index contributed by atoms with van der Waals surface area (Å²) >= 11 is 9.64. The Morgan fingerprint density at radius 1 is 1.00 bits per heavy atom. The maximum Gasteiger partial charge on any atom is 0.206 e. The maximum atomic E-state index is 6.26. The number of benzene rings is 2. The number of rotatable bonds is 4. The number of methoxy groups -OCH3 is 1. The van der Waals surface area contributed by atoms with Crippen LogP contribution in [0.2, 0.25) is 5.15 Å². The largest absolute Gasteiger partial charge is 0.493 e. The van der Waals surface area contributed by atoms with Gasteiger partial charge in [0.25, 0.3) is 0 Å². The quantitative estimate of drug-likeness (QED) is 0.621. The summed E-state index contributed by atoms with van der Waals surface area (Å²) < 4.78 is 12.0. The summed E-state index contributed by atoms with van der Waals surface area (Å²) in [7, 11) is 1.56. The Balaban J connectivity index is 1.97. The number of ether oxygens (including phenoxy) is 2. The van der Waals surface area contributed by atoms with Gasteiger partial charge in [0.2, 0.25) is 5.75 Å². The average Bonchev–Trinajstić information content (AvgIpc) is 2.59. The van der Waals surface area contributed by atoms with Crippen LogP contribution < -0.4 is 15.2 Å². The second-order valence-corrected chi connectivity index (χ2v) is 6.09. The first-order valence-electron chi connectivity index (χ1n) is 6.98. The Hall–Kier alpha value is -2.31. The van der Waals surface area contributed by atoms with Crippen molar-refractivity contribution in [3.63, 3.8) is 0 Å². The fourth-order valence-electron chi connectivity index (χ4n) is 2.07. The molecule has 0 unspecified atom stereocenters.